The van der Waals surface area contributed by atoms with Gasteiger partial charge in [-0.25, -0.2) is 0 Å². The molecule has 0 spiro atoms. The second-order valence-corrected chi connectivity index (χ2v) is 7.33. The molecule has 2 atom stereocenters. The Morgan fingerprint density at radius 3 is 3.09 bits per heavy atom. The van der Waals surface area contributed by atoms with Crippen molar-refractivity contribution < 1.29 is 14.6 Å². The van der Waals surface area contributed by atoms with E-state index in [1.165, 1.54) is 17.7 Å². The molecule has 0 amide bonds. The summed E-state index contributed by atoms with van der Waals surface area (Å²) in [5.74, 6) is 3.28. The Labute approximate surface area is 136 Å². The number of nitrogens with zero attached hydrogens (tertiary/aromatic N) is 1. The van der Waals surface area contributed by atoms with Gasteiger partial charge < -0.3 is 19.5 Å². The molecule has 5 heteroatoms. The van der Waals surface area contributed by atoms with E-state index in [0.29, 0.717) is 12.5 Å². The summed E-state index contributed by atoms with van der Waals surface area (Å²) < 4.78 is 11.3. The van der Waals surface area contributed by atoms with E-state index in [2.05, 4.69) is 17.2 Å². The Morgan fingerprint density at radius 1 is 1.50 bits per heavy atom. The van der Waals surface area contributed by atoms with Crippen molar-refractivity contribution in [2.75, 3.05) is 52.0 Å². The van der Waals surface area contributed by atoms with Crippen LogP contribution in [0.15, 0.2) is 18.2 Å². The lowest BCUT2D eigenvalue weighted by atomic mass is 9.74. The van der Waals surface area contributed by atoms with E-state index in [9.17, 15) is 5.11 Å². The maximum absolute atomic E-state index is 10.0. The summed E-state index contributed by atoms with van der Waals surface area (Å²) in [4.78, 5) is 2.49. The van der Waals surface area contributed by atoms with Crippen LogP contribution in [0.1, 0.15) is 17.9 Å². The predicted octanol–water partition coefficient (Wildman–Crippen LogP) is 2.22. The summed E-state index contributed by atoms with van der Waals surface area (Å²) in [6, 6.07) is 6.06. The van der Waals surface area contributed by atoms with Crippen LogP contribution in [0, 0.1) is 5.41 Å². The molecule has 1 saturated heterocycles. The first-order valence-electron chi connectivity index (χ1n) is 7.85. The van der Waals surface area contributed by atoms with E-state index < -0.39 is 0 Å². The van der Waals surface area contributed by atoms with Gasteiger partial charge in [-0.3, -0.25) is 0 Å². The third-order valence-electron chi connectivity index (χ3n) is 4.97. The van der Waals surface area contributed by atoms with Crippen molar-refractivity contribution in [2.45, 2.75) is 12.3 Å². The molecule has 0 bridgehead atoms. The van der Waals surface area contributed by atoms with Gasteiger partial charge in [0, 0.05) is 30.5 Å². The first-order valence-corrected chi connectivity index (χ1v) is 9.25. The van der Waals surface area contributed by atoms with Crippen LogP contribution in [0.25, 0.3) is 0 Å². The first kappa shape index (κ1) is 16.0. The van der Waals surface area contributed by atoms with Gasteiger partial charge in [-0.05, 0) is 36.6 Å². The number of aliphatic hydroxyl groups excluding tert-OH is 1. The normalized spacial score (nSPS) is 27.1. The summed E-state index contributed by atoms with van der Waals surface area (Å²) in [6.07, 6.45) is 3.35. The summed E-state index contributed by atoms with van der Waals surface area (Å²) >= 11 is 1.89. The second-order valence-electron chi connectivity index (χ2n) is 6.35. The molecule has 2 aliphatic rings. The number of hydrogen-bond donors (Lipinski definition) is 1. The molecular weight excluding hydrogens is 298 g/mol. The van der Waals surface area contributed by atoms with Crippen LogP contribution in [0.3, 0.4) is 0 Å². The molecule has 0 unspecified atom stereocenters. The Bertz CT molecular complexity index is 525. The van der Waals surface area contributed by atoms with Gasteiger partial charge in [0.2, 0.25) is 0 Å². The van der Waals surface area contributed by atoms with E-state index in [-0.39, 0.29) is 12.0 Å². The average Bonchev–Trinajstić information content (AvgIpc) is 2.94. The smallest absolute Gasteiger partial charge is 0.126 e. The Hall–Kier alpha value is -0.910. The third kappa shape index (κ3) is 2.82. The highest BCUT2D eigenvalue weighted by atomic mass is 32.2. The minimum atomic E-state index is -0.152. The predicted molar refractivity (Wildman–Crippen MR) is 90.2 cm³/mol. The summed E-state index contributed by atoms with van der Waals surface area (Å²) in [5, 5.41) is 10.0. The molecule has 1 aromatic rings. The van der Waals surface area contributed by atoms with Crippen LogP contribution in [0.4, 0.5) is 0 Å². The van der Waals surface area contributed by atoms with Crippen molar-refractivity contribution >= 4 is 11.8 Å². The van der Waals surface area contributed by atoms with E-state index in [4.69, 9.17) is 9.47 Å². The zero-order valence-corrected chi connectivity index (χ0v) is 14.2. The fourth-order valence-corrected chi connectivity index (χ4v) is 4.15. The molecule has 0 aliphatic carbocycles. The number of hydrogen-bond acceptors (Lipinski definition) is 5. The van der Waals surface area contributed by atoms with E-state index in [1.54, 1.807) is 7.11 Å². The number of fused-ring (bicyclic) bond motifs is 3. The maximum atomic E-state index is 10.0. The molecule has 3 rings (SSSR count). The molecule has 2 heterocycles. The molecule has 0 saturated carbocycles. The van der Waals surface area contributed by atoms with Crippen molar-refractivity contribution in [1.29, 1.82) is 0 Å². The lowest BCUT2D eigenvalue weighted by Gasteiger charge is -2.38. The standard InChI is InChI=1S/C17H25NO3S/c1-20-13-4-5-14-15-9-18(6-3-7-22-2)10-17(15,11-19)12-21-16(14)8-13/h4-5,8,15,19H,3,6-7,9-12H2,1-2H3/t15-,17-/m1/s1. The van der Waals surface area contributed by atoms with E-state index in [1.807, 2.05) is 23.9 Å². The molecule has 0 aromatic heterocycles. The average molecular weight is 323 g/mol. The Morgan fingerprint density at radius 2 is 2.36 bits per heavy atom. The van der Waals surface area contributed by atoms with Crippen LogP contribution in [-0.2, 0) is 0 Å². The highest BCUT2D eigenvalue weighted by molar-refractivity contribution is 7.98. The van der Waals surface area contributed by atoms with Gasteiger partial charge in [-0.1, -0.05) is 6.07 Å². The fraction of sp³-hybridized carbons (Fsp3) is 0.647. The number of ether oxygens (including phenoxy) is 2. The number of aliphatic hydroxyl groups is 1. The van der Waals surface area contributed by atoms with Crippen molar-refractivity contribution in [2.24, 2.45) is 5.41 Å². The zero-order valence-electron chi connectivity index (χ0n) is 13.4. The topological polar surface area (TPSA) is 41.9 Å². The largest absolute Gasteiger partial charge is 0.497 e. The van der Waals surface area contributed by atoms with Gasteiger partial charge in [0.25, 0.3) is 0 Å². The molecule has 122 valence electrons. The first-order chi connectivity index (χ1) is 10.7. The maximum Gasteiger partial charge on any atom is 0.126 e. The fourth-order valence-electron chi connectivity index (χ4n) is 3.73. The minimum Gasteiger partial charge on any atom is -0.497 e. The lowest BCUT2D eigenvalue weighted by molar-refractivity contribution is 0.0461. The molecule has 1 aromatic carbocycles. The quantitative estimate of drug-likeness (QED) is 0.813. The monoisotopic (exact) mass is 323 g/mol. The summed E-state index contributed by atoms with van der Waals surface area (Å²) in [7, 11) is 1.67. The minimum absolute atomic E-state index is 0.152. The van der Waals surface area contributed by atoms with Gasteiger partial charge >= 0.3 is 0 Å². The molecule has 1 fully saturated rings. The van der Waals surface area contributed by atoms with Crippen molar-refractivity contribution in [1.82, 2.24) is 4.90 Å². The van der Waals surface area contributed by atoms with E-state index in [0.717, 1.165) is 31.1 Å². The third-order valence-corrected chi connectivity index (χ3v) is 5.66. The van der Waals surface area contributed by atoms with Crippen LogP contribution in [0.2, 0.25) is 0 Å². The Kier molecular flexibility index (Phi) is 4.85. The van der Waals surface area contributed by atoms with Crippen molar-refractivity contribution in [3.63, 3.8) is 0 Å². The molecule has 22 heavy (non-hydrogen) atoms. The number of benzene rings is 1. The van der Waals surface area contributed by atoms with Crippen LogP contribution in [-0.4, -0.2) is 62.0 Å². The van der Waals surface area contributed by atoms with Crippen LogP contribution < -0.4 is 9.47 Å². The molecule has 0 radical (unpaired) electrons. The second kappa shape index (κ2) is 6.69. The summed E-state index contributed by atoms with van der Waals surface area (Å²) in [6.45, 7) is 3.81. The highest BCUT2D eigenvalue weighted by Gasteiger charge is 2.50. The van der Waals surface area contributed by atoms with Crippen LogP contribution in [0.5, 0.6) is 11.5 Å². The zero-order chi connectivity index (χ0) is 15.6. The van der Waals surface area contributed by atoms with E-state index >= 15 is 0 Å². The SMILES string of the molecule is COc1ccc2c(c1)OC[C@]1(CO)CN(CCCSC)C[C@H]21. The number of likely N-dealkylation sites (tertiary alicyclic amines) is 1. The van der Waals surface area contributed by atoms with Gasteiger partial charge in [-0.15, -0.1) is 0 Å². The molecule has 2 aliphatic heterocycles. The van der Waals surface area contributed by atoms with Gasteiger partial charge in [0.1, 0.15) is 11.5 Å². The number of thioether (sulfide) groups is 1. The van der Waals surface area contributed by atoms with Crippen LogP contribution >= 0.6 is 11.8 Å². The van der Waals surface area contributed by atoms with Crippen molar-refractivity contribution in [3.05, 3.63) is 23.8 Å². The van der Waals surface area contributed by atoms with Gasteiger partial charge in [0.15, 0.2) is 0 Å². The number of rotatable bonds is 6. The van der Waals surface area contributed by atoms with Gasteiger partial charge in [-0.2, -0.15) is 11.8 Å². The van der Waals surface area contributed by atoms with Crippen molar-refractivity contribution in [3.8, 4) is 11.5 Å². The molecule has 4 nitrogen and oxygen atoms in total. The molecule has 1 N–H and O–H groups in total. The van der Waals surface area contributed by atoms with Gasteiger partial charge in [0.05, 0.1) is 20.3 Å². The highest BCUT2D eigenvalue weighted by Crippen LogP contribution is 2.50. The lowest BCUT2D eigenvalue weighted by Crippen LogP contribution is -2.42. The Balaban J connectivity index is 1.81. The summed E-state index contributed by atoms with van der Waals surface area (Å²) in [5.41, 5.74) is 1.06. The number of methoxy groups -OCH3 is 1. The molecular formula is C17H25NO3S.